The number of aryl methyl sites for hydroxylation is 1. The molecule has 0 aliphatic heterocycles. The zero-order chi connectivity index (χ0) is 17.7. The monoisotopic (exact) mass is 349 g/mol. The average Bonchev–Trinajstić information content (AvgIpc) is 2.85. The number of esters is 1. The number of primary amides is 1. The summed E-state index contributed by atoms with van der Waals surface area (Å²) in [5, 5.41) is 4.15. The van der Waals surface area contributed by atoms with E-state index in [2.05, 4.69) is 5.32 Å². The number of hydrogen-bond acceptors (Lipinski definition) is 6. The highest BCUT2D eigenvalue weighted by Gasteiger charge is 2.12. The van der Waals surface area contributed by atoms with Gasteiger partial charge >= 0.3 is 10.8 Å². The van der Waals surface area contributed by atoms with E-state index >= 15 is 0 Å². The standard InChI is InChI=1S/C15H15N3O5S/c1-9-8-24-15(22)18(9)6-13(20)23-7-12(19)17-11-4-2-10(3-5-11)14(16)21/h2-5,8H,6-7H2,1H3,(H2,16,21)(H,17,19). The van der Waals surface area contributed by atoms with Crippen LogP contribution in [0.2, 0.25) is 0 Å². The molecule has 126 valence electrons. The minimum absolute atomic E-state index is 0.241. The molecule has 0 spiro atoms. The molecule has 0 fully saturated rings. The molecule has 0 radical (unpaired) electrons. The van der Waals surface area contributed by atoms with Gasteiger partial charge in [0.05, 0.1) is 0 Å². The molecule has 24 heavy (non-hydrogen) atoms. The summed E-state index contributed by atoms with van der Waals surface area (Å²) in [5.74, 6) is -1.79. The number of rotatable bonds is 6. The molecule has 8 nitrogen and oxygen atoms in total. The molecule has 2 aromatic rings. The van der Waals surface area contributed by atoms with Crippen LogP contribution in [0, 0.1) is 6.92 Å². The predicted octanol–water partition coefficient (Wildman–Crippen LogP) is 0.499. The fourth-order valence-corrected chi connectivity index (χ4v) is 2.57. The van der Waals surface area contributed by atoms with Gasteiger partial charge in [0.15, 0.2) is 6.61 Å². The van der Waals surface area contributed by atoms with Crippen molar-refractivity contribution >= 4 is 34.8 Å². The van der Waals surface area contributed by atoms with Crippen LogP contribution in [0.1, 0.15) is 16.1 Å². The summed E-state index contributed by atoms with van der Waals surface area (Å²) in [6.07, 6.45) is 0. The molecule has 0 atom stereocenters. The molecular formula is C15H15N3O5S. The van der Waals surface area contributed by atoms with Gasteiger partial charge in [-0.15, -0.1) is 0 Å². The summed E-state index contributed by atoms with van der Waals surface area (Å²) in [5.41, 5.74) is 6.52. The number of nitrogens with zero attached hydrogens (tertiary/aromatic N) is 1. The maximum absolute atomic E-state index is 11.7. The Kier molecular flexibility index (Phi) is 5.48. The second-order valence-corrected chi connectivity index (χ2v) is 5.70. The molecule has 0 aliphatic carbocycles. The van der Waals surface area contributed by atoms with Gasteiger partial charge < -0.3 is 15.8 Å². The third kappa shape index (κ3) is 4.53. The van der Waals surface area contributed by atoms with Crippen LogP contribution in [0.4, 0.5) is 5.69 Å². The van der Waals surface area contributed by atoms with Crippen LogP contribution in [0.3, 0.4) is 0 Å². The summed E-state index contributed by atoms with van der Waals surface area (Å²) in [6, 6.07) is 5.95. The van der Waals surface area contributed by atoms with Gasteiger partial charge in [0.25, 0.3) is 5.91 Å². The number of nitrogens with two attached hydrogens (primary N) is 1. The van der Waals surface area contributed by atoms with Crippen LogP contribution in [0.5, 0.6) is 0 Å². The highest BCUT2D eigenvalue weighted by atomic mass is 32.1. The fourth-order valence-electron chi connectivity index (χ4n) is 1.83. The van der Waals surface area contributed by atoms with E-state index in [1.54, 1.807) is 12.3 Å². The van der Waals surface area contributed by atoms with Gasteiger partial charge in [-0.05, 0) is 31.2 Å². The molecule has 0 saturated carbocycles. The Bertz CT molecular complexity index is 822. The molecule has 0 bridgehead atoms. The third-order valence-electron chi connectivity index (χ3n) is 3.08. The van der Waals surface area contributed by atoms with E-state index in [0.29, 0.717) is 16.9 Å². The zero-order valence-electron chi connectivity index (χ0n) is 12.8. The van der Waals surface area contributed by atoms with Crippen molar-refractivity contribution in [3.05, 3.63) is 50.6 Å². The van der Waals surface area contributed by atoms with Gasteiger partial charge in [0, 0.05) is 22.3 Å². The highest BCUT2D eigenvalue weighted by molar-refractivity contribution is 7.07. The molecule has 2 rings (SSSR count). The normalized spacial score (nSPS) is 10.2. The minimum Gasteiger partial charge on any atom is -0.454 e. The van der Waals surface area contributed by atoms with E-state index in [1.807, 2.05) is 0 Å². The van der Waals surface area contributed by atoms with E-state index in [0.717, 1.165) is 11.3 Å². The molecule has 0 unspecified atom stereocenters. The lowest BCUT2D eigenvalue weighted by molar-refractivity contribution is -0.147. The Morgan fingerprint density at radius 2 is 1.92 bits per heavy atom. The molecule has 3 N–H and O–H groups in total. The summed E-state index contributed by atoms with van der Waals surface area (Å²) >= 11 is 0.990. The molecule has 1 heterocycles. The average molecular weight is 349 g/mol. The van der Waals surface area contributed by atoms with Crippen LogP contribution < -0.4 is 15.9 Å². The first-order valence-electron chi connectivity index (χ1n) is 6.87. The summed E-state index contributed by atoms with van der Waals surface area (Å²) in [4.78, 5) is 45.6. The van der Waals surface area contributed by atoms with E-state index in [4.69, 9.17) is 10.5 Å². The number of amides is 2. The Labute approximate surface area is 140 Å². The SMILES string of the molecule is Cc1csc(=O)n1CC(=O)OCC(=O)Nc1ccc(C(N)=O)cc1. The van der Waals surface area contributed by atoms with Crippen molar-refractivity contribution in [2.24, 2.45) is 5.73 Å². The van der Waals surface area contributed by atoms with E-state index in [9.17, 15) is 19.2 Å². The lowest BCUT2D eigenvalue weighted by Gasteiger charge is -2.08. The lowest BCUT2D eigenvalue weighted by Crippen LogP contribution is -2.26. The molecule has 1 aromatic carbocycles. The quantitative estimate of drug-likeness (QED) is 0.736. The largest absolute Gasteiger partial charge is 0.454 e. The van der Waals surface area contributed by atoms with Crippen molar-refractivity contribution in [1.82, 2.24) is 4.57 Å². The van der Waals surface area contributed by atoms with Gasteiger partial charge in [-0.2, -0.15) is 0 Å². The number of anilines is 1. The van der Waals surface area contributed by atoms with Crippen molar-refractivity contribution < 1.29 is 19.1 Å². The Balaban J connectivity index is 1.83. The number of ether oxygens (including phenoxy) is 1. The predicted molar refractivity (Wildman–Crippen MR) is 87.9 cm³/mol. The van der Waals surface area contributed by atoms with E-state index < -0.39 is 24.4 Å². The van der Waals surface area contributed by atoms with Gasteiger partial charge in [0.2, 0.25) is 5.91 Å². The summed E-state index contributed by atoms with van der Waals surface area (Å²) in [7, 11) is 0. The van der Waals surface area contributed by atoms with Crippen molar-refractivity contribution in [3.8, 4) is 0 Å². The van der Waals surface area contributed by atoms with Crippen LogP contribution >= 0.6 is 11.3 Å². The zero-order valence-corrected chi connectivity index (χ0v) is 13.6. The maximum Gasteiger partial charge on any atom is 0.326 e. The van der Waals surface area contributed by atoms with Crippen LogP contribution in [0.15, 0.2) is 34.4 Å². The number of benzene rings is 1. The first-order valence-corrected chi connectivity index (χ1v) is 7.75. The number of hydrogen-bond donors (Lipinski definition) is 2. The molecule has 0 saturated heterocycles. The molecule has 1 aromatic heterocycles. The first-order chi connectivity index (χ1) is 11.4. The second-order valence-electron chi connectivity index (χ2n) is 4.88. The van der Waals surface area contributed by atoms with Crippen LogP contribution in [-0.4, -0.2) is 29.0 Å². The Hall–Kier alpha value is -2.94. The van der Waals surface area contributed by atoms with Crippen molar-refractivity contribution in [2.45, 2.75) is 13.5 Å². The smallest absolute Gasteiger partial charge is 0.326 e. The van der Waals surface area contributed by atoms with Gasteiger partial charge in [-0.1, -0.05) is 11.3 Å². The molecule has 0 aliphatic rings. The second kappa shape index (κ2) is 7.55. The van der Waals surface area contributed by atoms with Crippen LogP contribution in [-0.2, 0) is 20.9 Å². The van der Waals surface area contributed by atoms with Gasteiger partial charge in [-0.25, -0.2) is 0 Å². The van der Waals surface area contributed by atoms with Gasteiger partial charge in [0.1, 0.15) is 6.54 Å². The van der Waals surface area contributed by atoms with Crippen molar-refractivity contribution in [2.75, 3.05) is 11.9 Å². The number of carbonyl (C=O) groups excluding carboxylic acids is 3. The summed E-state index contributed by atoms with van der Waals surface area (Å²) in [6.45, 7) is 0.983. The molecule has 9 heteroatoms. The summed E-state index contributed by atoms with van der Waals surface area (Å²) < 4.78 is 6.11. The van der Waals surface area contributed by atoms with E-state index in [-0.39, 0.29) is 11.4 Å². The molecule has 2 amide bonds. The topological polar surface area (TPSA) is 120 Å². The maximum atomic E-state index is 11.7. The van der Waals surface area contributed by atoms with Crippen molar-refractivity contribution in [3.63, 3.8) is 0 Å². The van der Waals surface area contributed by atoms with Crippen LogP contribution in [0.25, 0.3) is 0 Å². The third-order valence-corrected chi connectivity index (χ3v) is 3.96. The van der Waals surface area contributed by atoms with Gasteiger partial charge in [-0.3, -0.25) is 23.7 Å². The van der Waals surface area contributed by atoms with E-state index in [1.165, 1.54) is 28.8 Å². The fraction of sp³-hybridized carbons (Fsp3) is 0.200. The number of aromatic nitrogens is 1. The Morgan fingerprint density at radius 1 is 1.25 bits per heavy atom. The number of carbonyl (C=O) groups is 3. The van der Waals surface area contributed by atoms with Crippen molar-refractivity contribution in [1.29, 1.82) is 0 Å². The highest BCUT2D eigenvalue weighted by Crippen LogP contribution is 2.09. The first kappa shape index (κ1) is 17.4. The molecular weight excluding hydrogens is 334 g/mol. The lowest BCUT2D eigenvalue weighted by atomic mass is 10.2. The number of nitrogens with one attached hydrogen (secondary N) is 1. The number of thiazole rings is 1. The minimum atomic E-state index is -0.683. The Morgan fingerprint density at radius 3 is 2.46 bits per heavy atom.